The average molecular weight is 198 g/mol. The Kier molecular flexibility index (Phi) is 4.90. The van der Waals surface area contributed by atoms with Crippen molar-refractivity contribution in [2.45, 2.75) is 46.0 Å². The lowest BCUT2D eigenvalue weighted by atomic mass is 9.67. The first kappa shape index (κ1) is 12.0. The van der Waals surface area contributed by atoms with Gasteiger partial charge in [0.15, 0.2) is 0 Å². The van der Waals surface area contributed by atoms with E-state index in [1.54, 1.807) is 0 Å². The molecule has 0 radical (unpaired) electrons. The molecule has 1 fully saturated rings. The first-order valence-corrected chi connectivity index (χ1v) is 6.13. The van der Waals surface area contributed by atoms with Crippen molar-refractivity contribution < 1.29 is 0 Å². The Morgan fingerprint density at radius 1 is 1.43 bits per heavy atom. The van der Waals surface area contributed by atoms with Crippen LogP contribution < -0.4 is 11.1 Å². The summed E-state index contributed by atoms with van der Waals surface area (Å²) in [6, 6.07) is 0. The van der Waals surface area contributed by atoms with Gasteiger partial charge in [0.05, 0.1) is 0 Å². The number of rotatable bonds is 7. The second-order valence-electron chi connectivity index (χ2n) is 5.02. The van der Waals surface area contributed by atoms with Crippen LogP contribution in [0.3, 0.4) is 0 Å². The van der Waals surface area contributed by atoms with Crippen molar-refractivity contribution in [2.75, 3.05) is 19.6 Å². The first-order chi connectivity index (χ1) is 6.72. The summed E-state index contributed by atoms with van der Waals surface area (Å²) in [7, 11) is 0. The molecule has 0 saturated heterocycles. The molecule has 0 amide bonds. The predicted octanol–water partition coefficient (Wildman–Crippen LogP) is 2.14. The van der Waals surface area contributed by atoms with Crippen LogP contribution in [0.1, 0.15) is 46.0 Å². The van der Waals surface area contributed by atoms with E-state index in [0.29, 0.717) is 5.41 Å². The fraction of sp³-hybridized carbons (Fsp3) is 1.00. The van der Waals surface area contributed by atoms with E-state index in [2.05, 4.69) is 19.2 Å². The van der Waals surface area contributed by atoms with E-state index >= 15 is 0 Å². The van der Waals surface area contributed by atoms with Crippen LogP contribution in [0.5, 0.6) is 0 Å². The standard InChI is InChI=1S/C12H26N2/c1-3-12(6-4-7-12)10-14-9-11(2)5-8-13/h11,14H,3-10,13H2,1-2H3. The molecule has 1 atom stereocenters. The first-order valence-electron chi connectivity index (χ1n) is 6.13. The minimum absolute atomic E-state index is 0.655. The quantitative estimate of drug-likeness (QED) is 0.658. The van der Waals surface area contributed by atoms with Gasteiger partial charge in [-0.1, -0.05) is 20.3 Å². The molecule has 0 aromatic heterocycles. The molecule has 3 N–H and O–H groups in total. The molecule has 2 nitrogen and oxygen atoms in total. The molecule has 0 spiro atoms. The van der Waals surface area contributed by atoms with Crippen molar-refractivity contribution in [1.29, 1.82) is 0 Å². The molecular weight excluding hydrogens is 172 g/mol. The molecule has 2 heteroatoms. The van der Waals surface area contributed by atoms with E-state index in [-0.39, 0.29) is 0 Å². The molecule has 0 heterocycles. The van der Waals surface area contributed by atoms with Crippen LogP contribution in [0.2, 0.25) is 0 Å². The van der Waals surface area contributed by atoms with Crippen molar-refractivity contribution in [3.8, 4) is 0 Å². The fourth-order valence-electron chi connectivity index (χ4n) is 2.30. The molecule has 0 aromatic rings. The van der Waals surface area contributed by atoms with Crippen molar-refractivity contribution in [1.82, 2.24) is 5.32 Å². The Morgan fingerprint density at radius 2 is 2.14 bits per heavy atom. The normalized spacial score (nSPS) is 21.6. The maximum Gasteiger partial charge on any atom is 0.000782 e. The fourth-order valence-corrected chi connectivity index (χ4v) is 2.30. The van der Waals surface area contributed by atoms with Gasteiger partial charge in [-0.15, -0.1) is 0 Å². The molecule has 1 saturated carbocycles. The highest BCUT2D eigenvalue weighted by molar-refractivity contribution is 4.88. The molecule has 84 valence electrons. The zero-order valence-electron chi connectivity index (χ0n) is 9.81. The number of nitrogens with two attached hydrogens (primary N) is 1. The summed E-state index contributed by atoms with van der Waals surface area (Å²) in [5.41, 5.74) is 6.18. The van der Waals surface area contributed by atoms with Crippen LogP contribution in [0.15, 0.2) is 0 Å². The third-order valence-electron chi connectivity index (χ3n) is 3.82. The van der Waals surface area contributed by atoms with Gasteiger partial charge in [-0.05, 0) is 50.1 Å². The van der Waals surface area contributed by atoms with Crippen LogP contribution in [0.4, 0.5) is 0 Å². The van der Waals surface area contributed by atoms with Crippen molar-refractivity contribution >= 4 is 0 Å². The van der Waals surface area contributed by atoms with Gasteiger partial charge in [0.2, 0.25) is 0 Å². The predicted molar refractivity (Wildman–Crippen MR) is 62.3 cm³/mol. The number of hydrogen-bond acceptors (Lipinski definition) is 2. The lowest BCUT2D eigenvalue weighted by Crippen LogP contribution is -2.40. The van der Waals surface area contributed by atoms with Crippen LogP contribution in [0.25, 0.3) is 0 Å². The van der Waals surface area contributed by atoms with E-state index in [0.717, 1.165) is 25.4 Å². The van der Waals surface area contributed by atoms with Crippen LogP contribution in [0, 0.1) is 11.3 Å². The van der Waals surface area contributed by atoms with Gasteiger partial charge in [0, 0.05) is 6.54 Å². The minimum atomic E-state index is 0.655. The molecule has 1 unspecified atom stereocenters. The van der Waals surface area contributed by atoms with E-state index in [4.69, 9.17) is 5.73 Å². The lowest BCUT2D eigenvalue weighted by Gasteiger charge is -2.41. The Hall–Kier alpha value is -0.0800. The van der Waals surface area contributed by atoms with Crippen LogP contribution >= 0.6 is 0 Å². The third kappa shape index (κ3) is 3.25. The zero-order valence-corrected chi connectivity index (χ0v) is 9.81. The summed E-state index contributed by atoms with van der Waals surface area (Å²) in [4.78, 5) is 0. The van der Waals surface area contributed by atoms with Gasteiger partial charge in [0.1, 0.15) is 0 Å². The van der Waals surface area contributed by atoms with Gasteiger partial charge in [-0.25, -0.2) is 0 Å². The summed E-state index contributed by atoms with van der Waals surface area (Å²) in [6.45, 7) is 7.78. The zero-order chi connectivity index (χ0) is 10.4. The van der Waals surface area contributed by atoms with E-state index < -0.39 is 0 Å². The molecule has 1 aliphatic rings. The van der Waals surface area contributed by atoms with Gasteiger partial charge in [0.25, 0.3) is 0 Å². The van der Waals surface area contributed by atoms with Gasteiger partial charge in [-0.2, -0.15) is 0 Å². The highest BCUT2D eigenvalue weighted by Gasteiger charge is 2.34. The number of hydrogen-bond donors (Lipinski definition) is 2. The summed E-state index contributed by atoms with van der Waals surface area (Å²) >= 11 is 0. The van der Waals surface area contributed by atoms with E-state index in [1.165, 1.54) is 32.2 Å². The lowest BCUT2D eigenvalue weighted by molar-refractivity contribution is 0.122. The maximum absolute atomic E-state index is 5.52. The summed E-state index contributed by atoms with van der Waals surface area (Å²) < 4.78 is 0. The Bertz CT molecular complexity index is 147. The summed E-state index contributed by atoms with van der Waals surface area (Å²) in [6.07, 6.45) is 6.79. The van der Waals surface area contributed by atoms with E-state index in [1.807, 2.05) is 0 Å². The summed E-state index contributed by atoms with van der Waals surface area (Å²) in [5.74, 6) is 0.731. The van der Waals surface area contributed by atoms with Crippen molar-refractivity contribution in [3.05, 3.63) is 0 Å². The van der Waals surface area contributed by atoms with Crippen molar-refractivity contribution in [2.24, 2.45) is 17.1 Å². The van der Waals surface area contributed by atoms with Gasteiger partial charge in [-0.3, -0.25) is 0 Å². The third-order valence-corrected chi connectivity index (χ3v) is 3.82. The molecule has 1 aliphatic carbocycles. The van der Waals surface area contributed by atoms with Crippen LogP contribution in [-0.2, 0) is 0 Å². The highest BCUT2D eigenvalue weighted by Crippen LogP contribution is 2.42. The largest absolute Gasteiger partial charge is 0.330 e. The molecule has 0 aliphatic heterocycles. The molecule has 14 heavy (non-hydrogen) atoms. The molecular formula is C12H26N2. The van der Waals surface area contributed by atoms with Gasteiger partial charge < -0.3 is 11.1 Å². The monoisotopic (exact) mass is 198 g/mol. The molecule has 0 aromatic carbocycles. The number of nitrogens with one attached hydrogen (secondary N) is 1. The molecule has 0 bridgehead atoms. The van der Waals surface area contributed by atoms with E-state index in [9.17, 15) is 0 Å². The smallest absolute Gasteiger partial charge is 0.000782 e. The highest BCUT2D eigenvalue weighted by atomic mass is 14.9. The molecule has 1 rings (SSSR count). The maximum atomic E-state index is 5.52. The topological polar surface area (TPSA) is 38.0 Å². The second kappa shape index (κ2) is 5.72. The van der Waals surface area contributed by atoms with Crippen LogP contribution in [-0.4, -0.2) is 19.6 Å². The van der Waals surface area contributed by atoms with Gasteiger partial charge >= 0.3 is 0 Å². The average Bonchev–Trinajstić information content (AvgIpc) is 2.10. The Balaban J connectivity index is 2.08. The second-order valence-corrected chi connectivity index (χ2v) is 5.02. The van der Waals surface area contributed by atoms with Crippen molar-refractivity contribution in [3.63, 3.8) is 0 Å². The summed E-state index contributed by atoms with van der Waals surface area (Å²) in [5, 5.41) is 3.61. The SMILES string of the molecule is CCC1(CNCC(C)CCN)CCC1. The Labute approximate surface area is 88.6 Å². The Morgan fingerprint density at radius 3 is 2.57 bits per heavy atom. The minimum Gasteiger partial charge on any atom is -0.330 e.